The number of benzene rings is 1. The Hall–Kier alpha value is -5.30. The molecule has 7 heterocycles. The van der Waals surface area contributed by atoms with E-state index in [-0.39, 0.29) is 17.7 Å². The standard InChI is InChI=1S/C35H34N8O4/c1-39-19-24(16-29(34(39)45)38-32-7-6-25(18-37-32)40-10-12-41(13-11-40)26-21-47-22-26)27-8-9-36-33(28(27)20-44)43-15-14-42-30-5-3-2-4-23(30)17-31(42)35(43)46/h2-9,14-19,26,44H,10-13,20-22H2,1H3,(H,37,38). The summed E-state index contributed by atoms with van der Waals surface area (Å²) in [7, 11) is 1.68. The Morgan fingerprint density at radius 3 is 2.51 bits per heavy atom. The SMILES string of the molecule is Cn1cc(-c2ccnc(-n3ccn4c(cc5ccccc54)c3=O)c2CO)cc(Nc2ccc(N3CCN(C4COC4)CC3)cn2)c1=O. The molecule has 0 saturated carbocycles. The van der Waals surface area contributed by atoms with E-state index in [2.05, 4.69) is 25.1 Å². The lowest BCUT2D eigenvalue weighted by Crippen LogP contribution is -2.56. The van der Waals surface area contributed by atoms with Crippen molar-refractivity contribution in [2.24, 2.45) is 7.05 Å². The molecule has 6 aromatic rings. The van der Waals surface area contributed by atoms with E-state index in [1.54, 1.807) is 37.8 Å². The van der Waals surface area contributed by atoms with Crippen LogP contribution in [0.15, 0.2) is 95.2 Å². The Morgan fingerprint density at radius 1 is 0.936 bits per heavy atom. The molecule has 238 valence electrons. The van der Waals surface area contributed by atoms with Crippen LogP contribution >= 0.6 is 0 Å². The first-order chi connectivity index (χ1) is 23.0. The quantitative estimate of drug-likeness (QED) is 0.274. The lowest BCUT2D eigenvalue weighted by atomic mass is 10.0. The third kappa shape index (κ3) is 5.16. The van der Waals surface area contributed by atoms with Crippen molar-refractivity contribution in [2.75, 3.05) is 49.6 Å². The van der Waals surface area contributed by atoms with Crippen LogP contribution in [0.4, 0.5) is 17.2 Å². The van der Waals surface area contributed by atoms with Crippen LogP contribution in [-0.4, -0.2) is 78.9 Å². The minimum Gasteiger partial charge on any atom is -0.392 e. The molecule has 0 bridgehead atoms. The van der Waals surface area contributed by atoms with Crippen LogP contribution in [0.25, 0.3) is 33.4 Å². The van der Waals surface area contributed by atoms with Gasteiger partial charge in [0, 0.05) is 74.5 Å². The highest BCUT2D eigenvalue weighted by Crippen LogP contribution is 2.29. The van der Waals surface area contributed by atoms with Gasteiger partial charge in [0.2, 0.25) is 0 Å². The zero-order valence-electron chi connectivity index (χ0n) is 25.9. The average Bonchev–Trinajstić information content (AvgIpc) is 3.46. The van der Waals surface area contributed by atoms with Gasteiger partial charge < -0.3 is 29.0 Å². The number of aliphatic hydroxyl groups is 1. The van der Waals surface area contributed by atoms with Crippen LogP contribution in [0, 0.1) is 0 Å². The van der Waals surface area contributed by atoms with E-state index < -0.39 is 0 Å². The molecule has 2 N–H and O–H groups in total. The first kappa shape index (κ1) is 29.1. The molecule has 2 fully saturated rings. The predicted octanol–water partition coefficient (Wildman–Crippen LogP) is 3.16. The van der Waals surface area contributed by atoms with Gasteiger partial charge in [-0.3, -0.25) is 19.1 Å². The number of aryl methyl sites for hydroxylation is 1. The second kappa shape index (κ2) is 11.8. The molecular weight excluding hydrogens is 596 g/mol. The summed E-state index contributed by atoms with van der Waals surface area (Å²) in [5.74, 6) is 0.871. The molecule has 47 heavy (non-hydrogen) atoms. The number of piperazine rings is 1. The monoisotopic (exact) mass is 630 g/mol. The maximum absolute atomic E-state index is 13.7. The van der Waals surface area contributed by atoms with Crippen molar-refractivity contribution in [1.82, 2.24) is 28.4 Å². The Bertz CT molecular complexity index is 2230. The van der Waals surface area contributed by atoms with E-state index in [1.165, 1.54) is 9.13 Å². The second-order valence-electron chi connectivity index (χ2n) is 12.0. The molecule has 0 radical (unpaired) electrons. The molecule has 0 aliphatic carbocycles. The second-order valence-corrected chi connectivity index (χ2v) is 12.0. The Balaban J connectivity index is 1.09. The average molecular weight is 631 g/mol. The Kier molecular flexibility index (Phi) is 7.32. The fourth-order valence-electron chi connectivity index (χ4n) is 6.62. The number of fused-ring (bicyclic) bond motifs is 3. The van der Waals surface area contributed by atoms with Gasteiger partial charge in [-0.15, -0.1) is 0 Å². The van der Waals surface area contributed by atoms with E-state index >= 15 is 0 Å². The predicted molar refractivity (Wildman–Crippen MR) is 181 cm³/mol. The first-order valence-corrected chi connectivity index (χ1v) is 15.7. The number of pyridine rings is 3. The van der Waals surface area contributed by atoms with Crippen molar-refractivity contribution in [3.63, 3.8) is 0 Å². The fourth-order valence-corrected chi connectivity index (χ4v) is 6.62. The Labute approximate surface area is 269 Å². The van der Waals surface area contributed by atoms with Crippen LogP contribution < -0.4 is 21.3 Å². The summed E-state index contributed by atoms with van der Waals surface area (Å²) < 4.78 is 10.1. The number of para-hydroxylation sites is 1. The van der Waals surface area contributed by atoms with Gasteiger partial charge in [-0.25, -0.2) is 9.97 Å². The molecule has 0 amide bonds. The van der Waals surface area contributed by atoms with Crippen molar-refractivity contribution >= 4 is 33.6 Å². The van der Waals surface area contributed by atoms with Crippen molar-refractivity contribution < 1.29 is 9.84 Å². The summed E-state index contributed by atoms with van der Waals surface area (Å²) in [4.78, 5) is 40.9. The van der Waals surface area contributed by atoms with Gasteiger partial charge in [-0.05, 0) is 42.0 Å². The first-order valence-electron chi connectivity index (χ1n) is 15.7. The lowest BCUT2D eigenvalue weighted by Gasteiger charge is -2.43. The smallest absolute Gasteiger partial charge is 0.280 e. The highest BCUT2D eigenvalue weighted by molar-refractivity contribution is 5.87. The molecule has 0 atom stereocenters. The minimum absolute atomic E-state index is 0.225. The van der Waals surface area contributed by atoms with E-state index in [9.17, 15) is 14.7 Å². The molecule has 0 spiro atoms. The van der Waals surface area contributed by atoms with Gasteiger partial charge in [-0.1, -0.05) is 18.2 Å². The van der Waals surface area contributed by atoms with Crippen LogP contribution in [0.5, 0.6) is 0 Å². The fraction of sp³-hybridized carbons (Fsp3) is 0.257. The van der Waals surface area contributed by atoms with E-state index in [0.29, 0.717) is 45.6 Å². The van der Waals surface area contributed by atoms with Gasteiger partial charge in [0.1, 0.15) is 22.8 Å². The molecule has 2 aliphatic rings. The molecule has 12 heteroatoms. The van der Waals surface area contributed by atoms with E-state index in [0.717, 1.165) is 56.0 Å². The molecular formula is C35H34N8O4. The summed E-state index contributed by atoms with van der Waals surface area (Å²) in [5, 5.41) is 14.7. The maximum atomic E-state index is 13.7. The van der Waals surface area contributed by atoms with Gasteiger partial charge in [0.15, 0.2) is 0 Å². The molecule has 2 saturated heterocycles. The minimum atomic E-state index is -0.365. The maximum Gasteiger partial charge on any atom is 0.280 e. The molecule has 8 rings (SSSR count). The molecule has 0 unspecified atom stereocenters. The topological polar surface area (TPSA) is 122 Å². The van der Waals surface area contributed by atoms with Gasteiger partial charge >= 0.3 is 0 Å². The summed E-state index contributed by atoms with van der Waals surface area (Å²) in [5.41, 5.74) is 4.13. The number of rotatable bonds is 7. The van der Waals surface area contributed by atoms with Crippen molar-refractivity contribution in [1.29, 1.82) is 0 Å². The van der Waals surface area contributed by atoms with Crippen LogP contribution in [-0.2, 0) is 18.4 Å². The number of hydrogen-bond acceptors (Lipinski definition) is 9. The zero-order valence-corrected chi connectivity index (χ0v) is 25.9. The highest BCUT2D eigenvalue weighted by Gasteiger charge is 2.29. The third-order valence-corrected chi connectivity index (χ3v) is 9.29. The number of nitrogens with zero attached hydrogens (tertiary/aromatic N) is 7. The molecule has 12 nitrogen and oxygen atoms in total. The van der Waals surface area contributed by atoms with Gasteiger partial charge in [0.25, 0.3) is 11.1 Å². The van der Waals surface area contributed by atoms with Gasteiger partial charge in [-0.2, -0.15) is 0 Å². The number of anilines is 3. The summed E-state index contributed by atoms with van der Waals surface area (Å²) in [6, 6.07) is 17.6. The largest absolute Gasteiger partial charge is 0.392 e. The summed E-state index contributed by atoms with van der Waals surface area (Å²) in [6.45, 7) is 5.14. The summed E-state index contributed by atoms with van der Waals surface area (Å²) >= 11 is 0. The van der Waals surface area contributed by atoms with Crippen LogP contribution in [0.3, 0.4) is 0 Å². The van der Waals surface area contributed by atoms with Crippen molar-refractivity contribution in [2.45, 2.75) is 12.6 Å². The normalized spacial score (nSPS) is 15.7. The van der Waals surface area contributed by atoms with Crippen molar-refractivity contribution in [3.05, 3.63) is 112 Å². The highest BCUT2D eigenvalue weighted by atomic mass is 16.5. The third-order valence-electron chi connectivity index (χ3n) is 9.29. The number of hydrogen-bond donors (Lipinski definition) is 2. The number of aliphatic hydroxyl groups excluding tert-OH is 1. The van der Waals surface area contributed by atoms with Gasteiger partial charge in [0.05, 0.1) is 43.3 Å². The number of ether oxygens (including phenoxy) is 1. The molecule has 2 aliphatic heterocycles. The number of aromatic nitrogens is 5. The number of nitrogens with one attached hydrogen (secondary N) is 1. The van der Waals surface area contributed by atoms with Crippen molar-refractivity contribution in [3.8, 4) is 16.9 Å². The van der Waals surface area contributed by atoms with Crippen LogP contribution in [0.2, 0.25) is 0 Å². The van der Waals surface area contributed by atoms with Crippen LogP contribution in [0.1, 0.15) is 5.56 Å². The van der Waals surface area contributed by atoms with E-state index in [1.807, 2.05) is 59.3 Å². The summed E-state index contributed by atoms with van der Waals surface area (Å²) in [6.07, 6.45) is 8.64. The molecule has 5 aromatic heterocycles. The zero-order chi connectivity index (χ0) is 32.1. The molecule has 1 aromatic carbocycles. The lowest BCUT2D eigenvalue weighted by molar-refractivity contribution is -0.0660. The Morgan fingerprint density at radius 2 is 1.77 bits per heavy atom. The van der Waals surface area contributed by atoms with E-state index in [4.69, 9.17) is 4.74 Å².